The van der Waals surface area contributed by atoms with Crippen molar-refractivity contribution in [1.29, 1.82) is 0 Å². The molecule has 2 heterocycles. The second-order valence-corrected chi connectivity index (χ2v) is 15.1. The topological polar surface area (TPSA) is 120 Å². The molecule has 210 valence electrons. The van der Waals surface area contributed by atoms with Gasteiger partial charge in [-0.2, -0.15) is 10.6 Å². The van der Waals surface area contributed by atoms with E-state index in [9.17, 15) is 13.9 Å². The van der Waals surface area contributed by atoms with E-state index in [0.717, 1.165) is 50.0 Å². The Bertz CT molecular complexity index is 1230. The molecule has 1 saturated heterocycles. The quantitative estimate of drug-likeness (QED) is 0.358. The molecule has 9 nitrogen and oxygen atoms in total. The van der Waals surface area contributed by atoms with E-state index in [-0.39, 0.29) is 22.6 Å². The van der Waals surface area contributed by atoms with Crippen molar-refractivity contribution in [3.05, 3.63) is 36.0 Å². The van der Waals surface area contributed by atoms with Crippen LogP contribution in [0.1, 0.15) is 57.6 Å². The highest BCUT2D eigenvalue weighted by Crippen LogP contribution is 2.73. The minimum Gasteiger partial charge on any atom is -0.377 e. The van der Waals surface area contributed by atoms with Gasteiger partial charge in [-0.25, -0.2) is 14.8 Å². The van der Waals surface area contributed by atoms with E-state index in [4.69, 9.17) is 14.7 Å². The summed E-state index contributed by atoms with van der Waals surface area (Å²) in [7, 11) is -2.88. The Labute approximate surface area is 231 Å². The largest absolute Gasteiger partial charge is 0.377 e. The third kappa shape index (κ3) is 4.90. The monoisotopic (exact) mass is 553 g/mol. The average Bonchev–Trinajstić information content (AvgIpc) is 3.62. The lowest BCUT2D eigenvalue weighted by molar-refractivity contribution is 0.0985. The van der Waals surface area contributed by atoms with E-state index < -0.39 is 10.6 Å². The van der Waals surface area contributed by atoms with E-state index >= 15 is 0 Å². The summed E-state index contributed by atoms with van der Waals surface area (Å²) in [6, 6.07) is 9.74. The van der Waals surface area contributed by atoms with Gasteiger partial charge in [-0.15, -0.1) is 0 Å². The van der Waals surface area contributed by atoms with Crippen molar-refractivity contribution in [1.82, 2.24) is 15.3 Å². The molecule has 6 aliphatic rings. The number of rotatable bonds is 7. The summed E-state index contributed by atoms with van der Waals surface area (Å²) in [5.41, 5.74) is 2.20. The number of carbonyl (C=O) groups is 1. The molecule has 5 saturated carbocycles. The SMILES string of the molecule is C[C@H]1COCCN1c1cc(CS(O)(O)C23CC4CC(C2)C(C4)C3)nc(-c2ccc(NC(=O)NC3CC3)cc2)n1. The smallest absolute Gasteiger partial charge is 0.319 e. The van der Waals surface area contributed by atoms with Crippen molar-refractivity contribution in [2.24, 2.45) is 17.8 Å². The van der Waals surface area contributed by atoms with Crippen LogP contribution in [0.3, 0.4) is 0 Å². The van der Waals surface area contributed by atoms with Crippen molar-refractivity contribution < 1.29 is 18.6 Å². The van der Waals surface area contributed by atoms with Crippen LogP contribution in [0.4, 0.5) is 16.3 Å². The van der Waals surface area contributed by atoms with Crippen LogP contribution in [0, 0.1) is 17.8 Å². The predicted molar refractivity (Wildman–Crippen MR) is 153 cm³/mol. The molecule has 4 bridgehead atoms. The summed E-state index contributed by atoms with van der Waals surface area (Å²) < 4.78 is 28.7. The molecule has 1 aliphatic heterocycles. The number of anilines is 2. The highest BCUT2D eigenvalue weighted by Gasteiger charge is 2.61. The van der Waals surface area contributed by atoms with Crippen molar-refractivity contribution in [2.75, 3.05) is 30.0 Å². The number of nitrogens with zero attached hydrogens (tertiary/aromatic N) is 3. The first-order valence-electron chi connectivity index (χ1n) is 14.4. The maximum atomic E-state index is 12.1. The highest BCUT2D eigenvalue weighted by molar-refractivity contribution is 8.24. The fourth-order valence-corrected chi connectivity index (χ4v) is 10.0. The lowest BCUT2D eigenvalue weighted by Gasteiger charge is -2.53. The fraction of sp³-hybridized carbons (Fsp3) is 0.621. The molecular formula is C29H39N5O4S. The molecule has 0 spiro atoms. The molecule has 2 amide bonds. The molecule has 3 atom stereocenters. The van der Waals surface area contributed by atoms with Crippen LogP contribution in [0.2, 0.25) is 0 Å². The van der Waals surface area contributed by atoms with Crippen LogP contribution < -0.4 is 15.5 Å². The molecular weight excluding hydrogens is 514 g/mol. The van der Waals surface area contributed by atoms with E-state index in [0.29, 0.717) is 54.2 Å². The molecule has 1 aromatic heterocycles. The second-order valence-electron chi connectivity index (χ2n) is 12.6. The zero-order chi connectivity index (χ0) is 26.8. The number of nitrogens with one attached hydrogen (secondary N) is 2. The molecule has 0 radical (unpaired) electrons. The minimum atomic E-state index is -2.88. The van der Waals surface area contributed by atoms with Crippen molar-refractivity contribution in [3.63, 3.8) is 0 Å². The van der Waals surface area contributed by atoms with Gasteiger partial charge in [0, 0.05) is 29.9 Å². The predicted octanol–water partition coefficient (Wildman–Crippen LogP) is 5.48. The van der Waals surface area contributed by atoms with Crippen molar-refractivity contribution in [2.45, 2.75) is 74.5 Å². The first-order valence-corrected chi connectivity index (χ1v) is 16.1. The average molecular weight is 554 g/mol. The summed E-state index contributed by atoms with van der Waals surface area (Å²) in [5, 5.41) is 5.82. The lowest BCUT2D eigenvalue weighted by atomic mass is 9.81. The molecule has 39 heavy (non-hydrogen) atoms. The maximum Gasteiger partial charge on any atom is 0.319 e. The Morgan fingerprint density at radius 1 is 1.13 bits per heavy atom. The van der Waals surface area contributed by atoms with Crippen molar-refractivity contribution in [3.8, 4) is 11.4 Å². The van der Waals surface area contributed by atoms with Crippen LogP contribution in [0.5, 0.6) is 0 Å². The second kappa shape index (κ2) is 9.61. The highest BCUT2D eigenvalue weighted by atomic mass is 32.3. The van der Waals surface area contributed by atoms with Gasteiger partial charge in [0.1, 0.15) is 5.82 Å². The summed E-state index contributed by atoms with van der Waals surface area (Å²) in [5.74, 6) is 3.50. The summed E-state index contributed by atoms with van der Waals surface area (Å²) in [6.07, 6.45) is 7.46. The van der Waals surface area contributed by atoms with E-state index in [1.807, 2.05) is 30.3 Å². The third-order valence-electron chi connectivity index (χ3n) is 9.65. The lowest BCUT2D eigenvalue weighted by Crippen LogP contribution is -2.44. The Balaban J connectivity index is 1.17. The third-order valence-corrected chi connectivity index (χ3v) is 12.2. The van der Waals surface area contributed by atoms with E-state index in [1.165, 1.54) is 12.8 Å². The number of hydrogen-bond acceptors (Lipinski definition) is 7. The zero-order valence-corrected chi connectivity index (χ0v) is 23.3. The van der Waals surface area contributed by atoms with E-state index in [2.05, 4.69) is 22.5 Å². The molecule has 10 heteroatoms. The first kappa shape index (κ1) is 25.6. The van der Waals surface area contributed by atoms with Gasteiger partial charge in [-0.1, -0.05) is 0 Å². The van der Waals surface area contributed by atoms with E-state index in [1.54, 1.807) is 0 Å². The van der Waals surface area contributed by atoms with Crippen molar-refractivity contribution >= 4 is 28.1 Å². The van der Waals surface area contributed by atoms with Crippen LogP contribution in [-0.4, -0.2) is 61.7 Å². The Morgan fingerprint density at radius 2 is 1.87 bits per heavy atom. The van der Waals surface area contributed by atoms with Gasteiger partial charge in [-0.05, 0) is 93.9 Å². The molecule has 5 aliphatic carbocycles. The molecule has 2 unspecified atom stereocenters. The van der Waals surface area contributed by atoms with Gasteiger partial charge < -0.3 is 20.3 Å². The van der Waals surface area contributed by atoms with Crippen LogP contribution in [0.15, 0.2) is 30.3 Å². The Morgan fingerprint density at radius 3 is 2.54 bits per heavy atom. The number of morpholine rings is 1. The van der Waals surface area contributed by atoms with Gasteiger partial charge in [0.05, 0.1) is 35.4 Å². The number of aromatic nitrogens is 2. The van der Waals surface area contributed by atoms with Crippen LogP contribution in [-0.2, 0) is 10.5 Å². The van der Waals surface area contributed by atoms with Crippen LogP contribution >= 0.6 is 10.6 Å². The zero-order valence-electron chi connectivity index (χ0n) is 22.5. The number of amides is 2. The summed E-state index contributed by atoms with van der Waals surface area (Å²) in [6.45, 7) is 4.10. The normalized spacial score (nSPS) is 31.9. The maximum absolute atomic E-state index is 12.1. The minimum absolute atomic E-state index is 0.158. The Kier molecular flexibility index (Phi) is 6.30. The molecule has 2 aromatic rings. The number of carbonyl (C=O) groups excluding carboxylic acids is 1. The summed E-state index contributed by atoms with van der Waals surface area (Å²) in [4.78, 5) is 24.2. The molecule has 4 N–H and O–H groups in total. The Hall–Kier alpha value is -2.40. The summed E-state index contributed by atoms with van der Waals surface area (Å²) >= 11 is 0. The molecule has 6 fully saturated rings. The van der Waals surface area contributed by atoms with Crippen LogP contribution in [0.25, 0.3) is 11.4 Å². The van der Waals surface area contributed by atoms with Gasteiger partial charge in [-0.3, -0.25) is 9.11 Å². The number of ether oxygens (including phenoxy) is 1. The van der Waals surface area contributed by atoms with Gasteiger partial charge in [0.2, 0.25) is 0 Å². The fourth-order valence-electron chi connectivity index (χ4n) is 7.68. The number of urea groups is 1. The molecule has 1 aromatic carbocycles. The molecule has 8 rings (SSSR count). The van der Waals surface area contributed by atoms with Gasteiger partial charge in [0.15, 0.2) is 5.82 Å². The van der Waals surface area contributed by atoms with Gasteiger partial charge >= 0.3 is 6.03 Å². The first-order chi connectivity index (χ1) is 18.8. The standard InChI is InChI=1S/C29H39N5O4S/c1-18-16-38-9-8-34(18)26-12-25(17-39(36,37)29-13-19-10-21(14-29)22(11-19)15-29)30-27(33-26)20-2-4-23(5-3-20)31-28(35)32-24-6-7-24/h2-5,12,18-19,21-22,24,36-37H,6-11,13-17H2,1H3,(H2,31,32,35)/t18-,19?,21?,22?,29?/m0/s1. The van der Waals surface area contributed by atoms with Gasteiger partial charge in [0.25, 0.3) is 0 Å². The number of benzene rings is 1. The number of hydrogen-bond donors (Lipinski definition) is 4.